The number of rotatable bonds is 1. The van der Waals surface area contributed by atoms with Gasteiger partial charge in [-0.2, -0.15) is 9.78 Å². The molecule has 0 bridgehead atoms. The predicted octanol–water partition coefficient (Wildman–Crippen LogP) is 4.67. The Bertz CT molecular complexity index is 1270. The molecule has 0 saturated heterocycles. The van der Waals surface area contributed by atoms with Crippen LogP contribution >= 0.6 is 34.8 Å². The number of benzene rings is 2. The lowest BCUT2D eigenvalue weighted by Gasteiger charge is -2.02. The molecule has 2 aromatic heterocycles. The summed E-state index contributed by atoms with van der Waals surface area (Å²) in [6.45, 7) is 0. The Morgan fingerprint density at radius 3 is 2.52 bits per heavy atom. The number of H-pyrrole nitrogens is 1. The Morgan fingerprint density at radius 2 is 1.80 bits per heavy atom. The molecule has 0 fully saturated rings. The molecule has 5 nitrogen and oxygen atoms in total. The number of hydrogen-bond donors (Lipinski definition) is 1. The highest BCUT2D eigenvalue weighted by molar-refractivity contribution is 6.36. The van der Waals surface area contributed by atoms with Gasteiger partial charge in [-0.3, -0.25) is 9.89 Å². The van der Waals surface area contributed by atoms with Crippen LogP contribution in [0.1, 0.15) is 5.56 Å². The Labute approximate surface area is 156 Å². The predicted molar refractivity (Wildman–Crippen MR) is 98.5 cm³/mol. The quantitative estimate of drug-likeness (QED) is 0.514. The highest BCUT2D eigenvalue weighted by Gasteiger charge is 2.19. The fraction of sp³-hybridized carbons (Fsp3) is 0. The van der Waals surface area contributed by atoms with Crippen LogP contribution in [0.3, 0.4) is 0 Å². The van der Waals surface area contributed by atoms with E-state index in [2.05, 4.69) is 16.2 Å². The summed E-state index contributed by atoms with van der Waals surface area (Å²) >= 11 is 18.2. The van der Waals surface area contributed by atoms with Crippen LogP contribution in [0.4, 0.5) is 0 Å². The third kappa shape index (κ3) is 2.47. The van der Waals surface area contributed by atoms with Crippen molar-refractivity contribution in [3.63, 3.8) is 0 Å². The number of aromatic amines is 1. The summed E-state index contributed by atoms with van der Waals surface area (Å²) in [4.78, 5) is 17.2. The van der Waals surface area contributed by atoms with Crippen molar-refractivity contribution in [3.05, 3.63) is 67.4 Å². The van der Waals surface area contributed by atoms with Crippen LogP contribution in [-0.2, 0) is 0 Å². The molecule has 0 radical (unpaired) electrons. The summed E-state index contributed by atoms with van der Waals surface area (Å²) in [6.07, 6.45) is 0. The van der Waals surface area contributed by atoms with E-state index in [0.29, 0.717) is 37.2 Å². The lowest BCUT2D eigenvalue weighted by atomic mass is 10.1. The van der Waals surface area contributed by atoms with Gasteiger partial charge in [-0.05, 0) is 36.4 Å². The second-order valence-corrected chi connectivity index (χ2v) is 6.62. The number of nitriles is 1. The molecule has 4 rings (SSSR count). The minimum Gasteiger partial charge on any atom is -0.287 e. The first-order chi connectivity index (χ1) is 12.0. The molecule has 0 saturated carbocycles. The van der Waals surface area contributed by atoms with E-state index < -0.39 is 0 Å². The van der Waals surface area contributed by atoms with Crippen LogP contribution in [0.25, 0.3) is 27.8 Å². The van der Waals surface area contributed by atoms with Crippen molar-refractivity contribution >= 4 is 51.4 Å². The second kappa shape index (κ2) is 5.78. The first-order valence-electron chi connectivity index (χ1n) is 7.09. The van der Waals surface area contributed by atoms with Crippen molar-refractivity contribution in [2.24, 2.45) is 0 Å². The number of nitrogens with one attached hydrogen (secondary N) is 1. The molecule has 1 N–H and O–H groups in total. The topological polar surface area (TPSA) is 73.9 Å². The van der Waals surface area contributed by atoms with Gasteiger partial charge in [-0.1, -0.05) is 34.8 Å². The van der Waals surface area contributed by atoms with E-state index in [0.717, 1.165) is 0 Å². The number of fused-ring (bicyclic) bond motifs is 2. The maximum absolute atomic E-state index is 12.7. The van der Waals surface area contributed by atoms with E-state index in [1.54, 1.807) is 36.4 Å². The van der Waals surface area contributed by atoms with E-state index in [-0.39, 0.29) is 16.8 Å². The van der Waals surface area contributed by atoms with Crippen LogP contribution < -0.4 is 5.56 Å². The monoisotopic (exact) mass is 388 g/mol. The molecular weight excluding hydrogens is 383 g/mol. The molecule has 4 aromatic rings. The van der Waals surface area contributed by atoms with Crippen molar-refractivity contribution in [2.45, 2.75) is 0 Å². The van der Waals surface area contributed by atoms with E-state index >= 15 is 0 Å². The van der Waals surface area contributed by atoms with Gasteiger partial charge in [-0.25, -0.2) is 4.98 Å². The summed E-state index contributed by atoms with van der Waals surface area (Å²) in [7, 11) is 0. The van der Waals surface area contributed by atoms with E-state index in [9.17, 15) is 10.1 Å². The van der Waals surface area contributed by atoms with Gasteiger partial charge in [0.1, 0.15) is 11.6 Å². The van der Waals surface area contributed by atoms with Crippen LogP contribution in [-0.4, -0.2) is 14.6 Å². The van der Waals surface area contributed by atoms with Crippen LogP contribution in [0.15, 0.2) is 41.2 Å². The molecule has 122 valence electrons. The van der Waals surface area contributed by atoms with Gasteiger partial charge in [0.25, 0.3) is 5.56 Å². The van der Waals surface area contributed by atoms with Gasteiger partial charge in [0, 0.05) is 15.6 Å². The van der Waals surface area contributed by atoms with Crippen molar-refractivity contribution in [2.75, 3.05) is 0 Å². The molecule has 2 aromatic carbocycles. The molecule has 0 atom stereocenters. The van der Waals surface area contributed by atoms with E-state index in [1.165, 1.54) is 4.52 Å². The lowest BCUT2D eigenvalue weighted by molar-refractivity contribution is 0.919. The lowest BCUT2D eigenvalue weighted by Crippen LogP contribution is -2.15. The van der Waals surface area contributed by atoms with Crippen molar-refractivity contribution in [3.8, 4) is 17.3 Å². The van der Waals surface area contributed by atoms with Gasteiger partial charge in [0.2, 0.25) is 0 Å². The van der Waals surface area contributed by atoms with Gasteiger partial charge < -0.3 is 0 Å². The zero-order chi connectivity index (χ0) is 17.7. The highest BCUT2D eigenvalue weighted by Crippen LogP contribution is 2.32. The summed E-state index contributed by atoms with van der Waals surface area (Å²) in [5.41, 5.74) is 1.46. The molecule has 0 aliphatic heterocycles. The van der Waals surface area contributed by atoms with Gasteiger partial charge in [0.15, 0.2) is 5.65 Å². The standard InChI is InChI=1S/C17H7Cl3N4O/c18-8-1-3-10(13(20)5-8)15-12(7-21)16-22-14-6-9(19)2-4-11(14)17(25)24(16)23-15/h1-6,23H. The SMILES string of the molecule is N#Cc1c(-c2ccc(Cl)cc2Cl)[nH]n2c(=O)c3ccc(Cl)cc3nc12. The molecular formula is C17H7Cl3N4O. The van der Waals surface area contributed by atoms with Crippen LogP contribution in [0.2, 0.25) is 15.1 Å². The summed E-state index contributed by atoms with van der Waals surface area (Å²) in [6, 6.07) is 11.8. The maximum atomic E-state index is 12.7. The average Bonchev–Trinajstić information content (AvgIpc) is 2.93. The Kier molecular flexibility index (Phi) is 3.69. The zero-order valence-corrected chi connectivity index (χ0v) is 14.6. The third-order valence-corrected chi connectivity index (χ3v) is 4.62. The molecule has 8 heteroatoms. The molecule has 0 spiro atoms. The van der Waals surface area contributed by atoms with E-state index in [4.69, 9.17) is 34.8 Å². The first kappa shape index (κ1) is 16.0. The van der Waals surface area contributed by atoms with Crippen molar-refractivity contribution in [1.82, 2.24) is 14.6 Å². The number of aromatic nitrogens is 3. The second-order valence-electron chi connectivity index (χ2n) is 5.34. The fourth-order valence-corrected chi connectivity index (χ4v) is 3.37. The normalized spacial score (nSPS) is 11.1. The van der Waals surface area contributed by atoms with Crippen LogP contribution in [0, 0.1) is 11.3 Å². The average molecular weight is 390 g/mol. The molecule has 2 heterocycles. The Hall–Kier alpha value is -2.52. The molecule has 0 aliphatic rings. The summed E-state index contributed by atoms with van der Waals surface area (Å²) in [5.74, 6) is 0. The van der Waals surface area contributed by atoms with Gasteiger partial charge in [-0.15, -0.1) is 0 Å². The van der Waals surface area contributed by atoms with Crippen molar-refractivity contribution < 1.29 is 0 Å². The van der Waals surface area contributed by atoms with Gasteiger partial charge >= 0.3 is 0 Å². The Balaban J connectivity index is 2.14. The highest BCUT2D eigenvalue weighted by atomic mass is 35.5. The number of hydrogen-bond acceptors (Lipinski definition) is 3. The molecule has 25 heavy (non-hydrogen) atoms. The maximum Gasteiger partial charge on any atom is 0.280 e. The van der Waals surface area contributed by atoms with Crippen LogP contribution in [0.5, 0.6) is 0 Å². The summed E-state index contributed by atoms with van der Waals surface area (Å²) in [5, 5.41) is 14.2. The minimum absolute atomic E-state index is 0.211. The molecule has 0 amide bonds. The largest absolute Gasteiger partial charge is 0.287 e. The van der Waals surface area contributed by atoms with Crippen molar-refractivity contribution in [1.29, 1.82) is 5.26 Å². The molecule has 0 aliphatic carbocycles. The Morgan fingerprint density at radius 1 is 1.08 bits per heavy atom. The van der Waals surface area contributed by atoms with E-state index in [1.807, 2.05) is 0 Å². The third-order valence-electron chi connectivity index (χ3n) is 3.84. The van der Waals surface area contributed by atoms with Gasteiger partial charge in [0.05, 0.1) is 21.6 Å². The first-order valence-corrected chi connectivity index (χ1v) is 8.22. The zero-order valence-electron chi connectivity index (χ0n) is 12.3. The molecule has 0 unspecified atom stereocenters. The summed E-state index contributed by atoms with van der Waals surface area (Å²) < 4.78 is 1.23. The number of halogens is 3. The minimum atomic E-state index is -0.329. The number of nitrogens with zero attached hydrogens (tertiary/aromatic N) is 3. The smallest absolute Gasteiger partial charge is 0.280 e. The fourth-order valence-electron chi connectivity index (χ4n) is 2.70.